The van der Waals surface area contributed by atoms with Gasteiger partial charge in [-0.15, -0.1) is 0 Å². The summed E-state index contributed by atoms with van der Waals surface area (Å²) in [4.78, 5) is 10.2. The van der Waals surface area contributed by atoms with E-state index < -0.39 is 7.59 Å². The SMILES string of the molecule is CCCCC(C)=O.ClC(Cl)(Cl)C(Cl)(Cl)Cl.ClC(Cl)=C(Cl)C(Cl)=C(Cl)Cl. The lowest BCUT2D eigenvalue weighted by Gasteiger charge is -2.19. The molecule has 0 aliphatic heterocycles. The summed E-state index contributed by atoms with van der Waals surface area (Å²) >= 11 is 62.7. The summed E-state index contributed by atoms with van der Waals surface area (Å²) < 4.78 is -4.05. The van der Waals surface area contributed by atoms with Crippen LogP contribution >= 0.6 is 139 Å². The Balaban J connectivity index is -0.000000296. The van der Waals surface area contributed by atoms with Crippen molar-refractivity contribution in [1.82, 2.24) is 0 Å². The van der Waals surface area contributed by atoms with Crippen LogP contribution in [0.15, 0.2) is 19.0 Å². The first kappa shape index (κ1) is 32.3. The third kappa shape index (κ3) is 21.2. The monoisotopic (exact) mass is 592 g/mol. The fourth-order valence-corrected chi connectivity index (χ4v) is 1.35. The number of hydrogen-bond acceptors (Lipinski definition) is 1. The predicted molar refractivity (Wildman–Crippen MR) is 120 cm³/mol. The number of rotatable bonds is 4. The number of hydrogen-bond donors (Lipinski definition) is 0. The summed E-state index contributed by atoms with van der Waals surface area (Å²) in [7, 11) is 0. The summed E-state index contributed by atoms with van der Waals surface area (Å²) in [5.74, 6) is 0.307. The molecule has 13 heteroatoms. The lowest BCUT2D eigenvalue weighted by molar-refractivity contribution is -0.117. The van der Waals surface area contributed by atoms with E-state index in [-0.39, 0.29) is 19.0 Å². The molecular formula is C12H12Cl12O. The summed E-state index contributed by atoms with van der Waals surface area (Å²) in [6, 6.07) is 0. The zero-order valence-corrected chi connectivity index (χ0v) is 21.6. The second-order valence-electron chi connectivity index (χ2n) is 3.95. The highest BCUT2D eigenvalue weighted by Crippen LogP contribution is 2.48. The van der Waals surface area contributed by atoms with Gasteiger partial charge in [0.25, 0.3) is 0 Å². The number of alkyl halides is 6. The van der Waals surface area contributed by atoms with E-state index in [4.69, 9.17) is 139 Å². The van der Waals surface area contributed by atoms with Crippen LogP contribution in [0, 0.1) is 0 Å². The highest BCUT2D eigenvalue weighted by Gasteiger charge is 2.43. The Kier molecular flexibility index (Phi) is 21.2. The predicted octanol–water partition coefficient (Wildman–Crippen LogP) is 10.2. The zero-order valence-electron chi connectivity index (χ0n) is 12.6. The quantitative estimate of drug-likeness (QED) is 0.233. The Labute approximate surface area is 207 Å². The highest BCUT2D eigenvalue weighted by atomic mass is 35.6. The number of unbranched alkanes of at least 4 members (excludes halogenated alkanes) is 1. The van der Waals surface area contributed by atoms with Crippen molar-refractivity contribution in [1.29, 1.82) is 0 Å². The van der Waals surface area contributed by atoms with Crippen molar-refractivity contribution in [2.24, 2.45) is 0 Å². The van der Waals surface area contributed by atoms with Gasteiger partial charge in [0.05, 0.1) is 10.1 Å². The van der Waals surface area contributed by atoms with E-state index in [0.29, 0.717) is 5.78 Å². The number of Topliss-reactive ketones (excluding diaryl/α,β-unsaturated/α-hetero) is 1. The number of carbonyl (C=O) groups excluding carboxylic acids is 1. The lowest BCUT2D eigenvalue weighted by Crippen LogP contribution is -2.23. The molecule has 0 amide bonds. The molecule has 25 heavy (non-hydrogen) atoms. The molecular weight excluding hydrogens is 586 g/mol. The molecule has 0 rings (SSSR count). The van der Waals surface area contributed by atoms with Crippen LogP contribution in [0.5, 0.6) is 0 Å². The normalized spacial score (nSPS) is 10.6. The van der Waals surface area contributed by atoms with Gasteiger partial charge in [-0.3, -0.25) is 0 Å². The molecule has 0 aromatic rings. The largest absolute Gasteiger partial charge is 0.300 e. The summed E-state index contributed by atoms with van der Waals surface area (Å²) in [5.41, 5.74) is 0. The van der Waals surface area contributed by atoms with E-state index >= 15 is 0 Å². The van der Waals surface area contributed by atoms with Crippen LogP contribution in [0.4, 0.5) is 0 Å². The van der Waals surface area contributed by atoms with Crippen LogP contribution in [0.1, 0.15) is 33.1 Å². The molecule has 0 saturated carbocycles. The van der Waals surface area contributed by atoms with Gasteiger partial charge in [-0.25, -0.2) is 0 Å². The Morgan fingerprint density at radius 3 is 1.08 bits per heavy atom. The highest BCUT2D eigenvalue weighted by molar-refractivity contribution is 6.83. The van der Waals surface area contributed by atoms with Gasteiger partial charge in [0.1, 0.15) is 14.8 Å². The van der Waals surface area contributed by atoms with Gasteiger partial charge in [-0.1, -0.05) is 153 Å². The summed E-state index contributed by atoms with van der Waals surface area (Å²) in [6.07, 6.45) is 2.94. The molecule has 0 radical (unpaired) electrons. The molecule has 0 aromatic carbocycles. The van der Waals surface area contributed by atoms with Gasteiger partial charge >= 0.3 is 0 Å². The van der Waals surface area contributed by atoms with Gasteiger partial charge in [0.2, 0.25) is 7.59 Å². The first-order valence-corrected chi connectivity index (χ1v) is 10.6. The van der Waals surface area contributed by atoms with Gasteiger partial charge in [-0.05, 0) is 13.3 Å². The molecule has 0 aromatic heterocycles. The minimum Gasteiger partial charge on any atom is -0.300 e. The minimum atomic E-state index is -1.85. The van der Waals surface area contributed by atoms with Gasteiger partial charge < -0.3 is 4.79 Å². The van der Waals surface area contributed by atoms with Crippen molar-refractivity contribution < 1.29 is 4.79 Å². The van der Waals surface area contributed by atoms with E-state index in [1.165, 1.54) is 0 Å². The Morgan fingerprint density at radius 1 is 0.720 bits per heavy atom. The molecule has 0 unspecified atom stereocenters. The number of ketones is 1. The minimum absolute atomic E-state index is 0.0648. The number of halogens is 12. The van der Waals surface area contributed by atoms with E-state index in [9.17, 15) is 4.79 Å². The van der Waals surface area contributed by atoms with Crippen molar-refractivity contribution >= 4 is 145 Å². The van der Waals surface area contributed by atoms with E-state index in [1.54, 1.807) is 6.92 Å². The third-order valence-corrected chi connectivity index (χ3v) is 6.30. The average Bonchev–Trinajstić information content (AvgIpc) is 2.42. The summed E-state index contributed by atoms with van der Waals surface area (Å²) in [6.45, 7) is 3.72. The van der Waals surface area contributed by atoms with Crippen molar-refractivity contribution in [3.63, 3.8) is 0 Å². The maximum absolute atomic E-state index is 10.2. The topological polar surface area (TPSA) is 17.1 Å². The van der Waals surface area contributed by atoms with E-state index in [0.717, 1.165) is 19.3 Å². The third-order valence-electron chi connectivity index (χ3n) is 1.73. The second kappa shape index (κ2) is 16.4. The summed E-state index contributed by atoms with van der Waals surface area (Å²) in [5, 5.41) is -0.130. The van der Waals surface area contributed by atoms with Crippen LogP contribution in [0.25, 0.3) is 0 Å². The molecule has 0 saturated heterocycles. The molecule has 0 atom stereocenters. The maximum Gasteiger partial charge on any atom is 0.236 e. The number of carbonyl (C=O) groups is 1. The van der Waals surface area contributed by atoms with E-state index in [1.807, 2.05) is 0 Å². The fraction of sp³-hybridized carbons (Fsp3) is 0.583. The fourth-order valence-electron chi connectivity index (χ4n) is 0.592. The van der Waals surface area contributed by atoms with Crippen molar-refractivity contribution in [3.05, 3.63) is 19.0 Å². The van der Waals surface area contributed by atoms with Crippen molar-refractivity contribution in [2.45, 2.75) is 40.7 Å². The standard InChI is InChI=1S/C6H12O.C4Cl6.C2Cl6/c1-3-4-5-6(2)7;5-1(3(7)8)2(6)4(9)10;3-1(4,5)2(6,7)8/h3-5H2,1-2H3;;. The van der Waals surface area contributed by atoms with E-state index in [2.05, 4.69) is 6.92 Å². The molecule has 0 N–H and O–H groups in total. The van der Waals surface area contributed by atoms with Crippen LogP contribution in [0.2, 0.25) is 0 Å². The second-order valence-corrected chi connectivity index (χ2v) is 11.2. The van der Waals surface area contributed by atoms with Crippen LogP contribution in [-0.2, 0) is 4.79 Å². The molecule has 0 aliphatic carbocycles. The average molecular weight is 598 g/mol. The first-order chi connectivity index (χ1) is 11.0. The molecule has 0 spiro atoms. The Morgan fingerprint density at radius 2 is 1.00 bits per heavy atom. The van der Waals surface area contributed by atoms with Gasteiger partial charge in [-0.2, -0.15) is 0 Å². The Bertz CT molecular complexity index is 416. The maximum atomic E-state index is 10.2. The molecule has 0 heterocycles. The van der Waals surface area contributed by atoms with Crippen LogP contribution in [-0.4, -0.2) is 13.4 Å². The smallest absolute Gasteiger partial charge is 0.236 e. The van der Waals surface area contributed by atoms with Crippen LogP contribution in [0.3, 0.4) is 0 Å². The van der Waals surface area contributed by atoms with Crippen LogP contribution < -0.4 is 0 Å². The molecule has 150 valence electrons. The first-order valence-electron chi connectivity index (χ1n) is 6.03. The van der Waals surface area contributed by atoms with Gasteiger partial charge in [0, 0.05) is 6.42 Å². The Hall–Kier alpha value is 2.63. The lowest BCUT2D eigenvalue weighted by atomic mass is 10.2. The number of allylic oxidation sites excluding steroid dienone is 2. The van der Waals surface area contributed by atoms with Crippen molar-refractivity contribution in [2.75, 3.05) is 0 Å². The zero-order chi connectivity index (χ0) is 21.0. The van der Waals surface area contributed by atoms with Gasteiger partial charge in [0.15, 0.2) is 0 Å². The molecule has 0 aliphatic rings. The molecule has 0 fully saturated rings. The molecule has 1 nitrogen and oxygen atoms in total. The molecule has 0 bridgehead atoms. The van der Waals surface area contributed by atoms with Crippen molar-refractivity contribution in [3.8, 4) is 0 Å².